The molecule has 2 fully saturated rings. The molecule has 130 valence electrons. The van der Waals surface area contributed by atoms with E-state index < -0.39 is 0 Å². The van der Waals surface area contributed by atoms with E-state index in [0.717, 1.165) is 23.4 Å². The van der Waals surface area contributed by atoms with E-state index in [2.05, 4.69) is 37.9 Å². The van der Waals surface area contributed by atoms with Gasteiger partial charge in [0.1, 0.15) is 11.6 Å². The van der Waals surface area contributed by atoms with Crippen molar-refractivity contribution >= 4 is 16.6 Å². The predicted molar refractivity (Wildman–Crippen MR) is 101 cm³/mol. The fourth-order valence-electron chi connectivity index (χ4n) is 5.34. The molecule has 2 aliphatic rings. The number of nitrogens with zero attached hydrogens (tertiary/aromatic N) is 4. The average molecular weight is 334 g/mol. The van der Waals surface area contributed by atoms with Gasteiger partial charge >= 0.3 is 0 Å². The molecule has 1 aromatic heterocycles. The van der Waals surface area contributed by atoms with Gasteiger partial charge in [0.15, 0.2) is 5.82 Å². The first-order chi connectivity index (χ1) is 11.8. The zero-order valence-electron chi connectivity index (χ0n) is 15.6. The van der Waals surface area contributed by atoms with Gasteiger partial charge in [-0.1, -0.05) is 32.9 Å². The largest absolute Gasteiger partial charge is 0.373 e. The number of hydrogen-bond donors (Lipinski definition) is 0. The van der Waals surface area contributed by atoms with Gasteiger partial charge in [-0.05, 0) is 42.2 Å². The Bertz CT molecular complexity index is 898. The Hall–Kier alpha value is -2.28. The molecule has 1 aliphatic heterocycles. The molecule has 2 atom stereocenters. The second-order valence-corrected chi connectivity index (χ2v) is 9.02. The van der Waals surface area contributed by atoms with Gasteiger partial charge in [0.25, 0.3) is 0 Å². The molecule has 0 radical (unpaired) electrons. The fraction of sp³-hybridized carbons (Fsp3) is 0.524. The van der Waals surface area contributed by atoms with E-state index in [1.807, 2.05) is 35.9 Å². The Balaban J connectivity index is 1.72. The van der Waals surface area contributed by atoms with Crippen LogP contribution in [0.25, 0.3) is 16.6 Å². The van der Waals surface area contributed by atoms with Gasteiger partial charge in [0.2, 0.25) is 0 Å². The fourth-order valence-corrected chi connectivity index (χ4v) is 5.34. The Kier molecular flexibility index (Phi) is 3.47. The topological polar surface area (TPSA) is 44.9 Å². The zero-order valence-corrected chi connectivity index (χ0v) is 15.6. The van der Waals surface area contributed by atoms with E-state index in [9.17, 15) is 5.26 Å². The van der Waals surface area contributed by atoms with E-state index in [-0.39, 0.29) is 0 Å². The minimum Gasteiger partial charge on any atom is -0.373 e. The van der Waals surface area contributed by atoms with Crippen LogP contribution >= 0.6 is 0 Å². The van der Waals surface area contributed by atoms with E-state index in [1.54, 1.807) is 0 Å². The Morgan fingerprint density at radius 2 is 2.04 bits per heavy atom. The van der Waals surface area contributed by atoms with Gasteiger partial charge in [-0.2, -0.15) is 5.26 Å². The molecule has 4 heteroatoms. The number of para-hydroxylation sites is 2. The summed E-state index contributed by atoms with van der Waals surface area (Å²) in [5, 5.41) is 9.80. The van der Waals surface area contributed by atoms with E-state index in [4.69, 9.17) is 4.98 Å². The lowest BCUT2D eigenvalue weighted by atomic mass is 9.65. The maximum atomic E-state index is 9.80. The number of likely N-dealkylation sites (tertiary alicyclic amines) is 1. The van der Waals surface area contributed by atoms with Crippen LogP contribution in [0.5, 0.6) is 0 Å². The van der Waals surface area contributed by atoms with Gasteiger partial charge in [-0.3, -0.25) is 0 Å². The quantitative estimate of drug-likeness (QED) is 0.768. The highest BCUT2D eigenvalue weighted by Crippen LogP contribution is 2.52. The van der Waals surface area contributed by atoms with Gasteiger partial charge in [0.05, 0.1) is 11.0 Å². The van der Waals surface area contributed by atoms with E-state index in [1.165, 1.54) is 19.3 Å². The smallest absolute Gasteiger partial charge is 0.153 e. The number of aryl methyl sites for hydroxylation is 1. The van der Waals surface area contributed by atoms with Crippen LogP contribution in [0.15, 0.2) is 30.5 Å². The van der Waals surface area contributed by atoms with Crippen LogP contribution in [0.3, 0.4) is 0 Å². The molecule has 2 aromatic rings. The first kappa shape index (κ1) is 16.2. The number of allylic oxidation sites excluding steroid dienone is 1. The molecular formula is C21H26N4. The number of aromatic nitrogens is 2. The molecule has 1 saturated carbocycles. The molecule has 1 aromatic carbocycles. The molecule has 1 aliphatic carbocycles. The molecule has 2 bridgehead atoms. The summed E-state index contributed by atoms with van der Waals surface area (Å²) in [5.74, 6) is 0.759. The molecular weight excluding hydrogens is 308 g/mol. The minimum atomic E-state index is 0.357. The molecule has 2 heterocycles. The molecule has 0 amide bonds. The highest BCUT2D eigenvalue weighted by molar-refractivity contribution is 5.83. The Morgan fingerprint density at radius 3 is 2.76 bits per heavy atom. The summed E-state index contributed by atoms with van der Waals surface area (Å²) in [4.78, 5) is 7.11. The Morgan fingerprint density at radius 1 is 1.28 bits per heavy atom. The lowest BCUT2D eigenvalue weighted by molar-refractivity contribution is 0.131. The number of hydrogen-bond acceptors (Lipinski definition) is 3. The number of fused-ring (bicyclic) bond motifs is 3. The first-order valence-corrected chi connectivity index (χ1v) is 9.10. The molecule has 2 unspecified atom stereocenters. The van der Waals surface area contributed by atoms with Gasteiger partial charge in [-0.25, -0.2) is 4.98 Å². The normalized spacial score (nSPS) is 28.4. The van der Waals surface area contributed by atoms with Crippen LogP contribution in [0.4, 0.5) is 0 Å². The van der Waals surface area contributed by atoms with Gasteiger partial charge in [0, 0.05) is 25.8 Å². The van der Waals surface area contributed by atoms with Crippen LogP contribution in [0.1, 0.15) is 45.9 Å². The minimum absolute atomic E-state index is 0.357. The monoisotopic (exact) mass is 334 g/mol. The highest BCUT2D eigenvalue weighted by atomic mass is 15.2. The van der Waals surface area contributed by atoms with Crippen LogP contribution in [-0.2, 0) is 7.05 Å². The zero-order chi connectivity index (χ0) is 17.8. The lowest BCUT2D eigenvalue weighted by Gasteiger charge is -2.39. The predicted octanol–water partition coefficient (Wildman–Crippen LogP) is 4.34. The van der Waals surface area contributed by atoms with Crippen LogP contribution in [0.2, 0.25) is 0 Å². The molecule has 4 nitrogen and oxygen atoms in total. The van der Waals surface area contributed by atoms with Crippen molar-refractivity contribution in [1.29, 1.82) is 5.26 Å². The van der Waals surface area contributed by atoms with Crippen LogP contribution < -0.4 is 0 Å². The summed E-state index contributed by atoms with van der Waals surface area (Å²) in [5.41, 5.74) is 3.40. The second kappa shape index (κ2) is 5.36. The molecule has 4 rings (SSSR count). The van der Waals surface area contributed by atoms with Crippen molar-refractivity contribution < 1.29 is 0 Å². The van der Waals surface area contributed by atoms with Gasteiger partial charge < -0.3 is 9.47 Å². The third-order valence-corrected chi connectivity index (χ3v) is 5.90. The van der Waals surface area contributed by atoms with Crippen molar-refractivity contribution in [1.82, 2.24) is 14.5 Å². The average Bonchev–Trinajstić information content (AvgIpc) is 2.98. The van der Waals surface area contributed by atoms with Crippen molar-refractivity contribution in [3.8, 4) is 6.07 Å². The SMILES string of the molecule is Cn1c(C(C#N)=CN2CC3(C)CC2CC(C)(C)C3)nc2ccccc21. The highest BCUT2D eigenvalue weighted by Gasteiger charge is 2.48. The van der Waals surface area contributed by atoms with Crippen molar-refractivity contribution in [3.05, 3.63) is 36.3 Å². The van der Waals surface area contributed by atoms with Crippen LogP contribution in [-0.4, -0.2) is 27.0 Å². The Labute approximate surface area is 149 Å². The third kappa shape index (κ3) is 2.72. The van der Waals surface area contributed by atoms with E-state index >= 15 is 0 Å². The van der Waals surface area contributed by atoms with Crippen molar-refractivity contribution in [2.75, 3.05) is 6.54 Å². The maximum absolute atomic E-state index is 9.80. The number of benzene rings is 1. The summed E-state index contributed by atoms with van der Waals surface area (Å²) in [6.07, 6.45) is 5.75. The summed E-state index contributed by atoms with van der Waals surface area (Å²) < 4.78 is 2.03. The van der Waals surface area contributed by atoms with E-state index in [0.29, 0.717) is 22.4 Å². The standard InChI is InChI=1S/C21H26N4/c1-20(2)9-16-10-21(3,13-20)14-25(16)12-15(11-22)19-23-17-7-5-6-8-18(17)24(19)4/h5-8,12,16H,9-10,13-14H2,1-4H3. The summed E-state index contributed by atoms with van der Waals surface area (Å²) in [6.45, 7) is 8.19. The maximum Gasteiger partial charge on any atom is 0.153 e. The van der Waals surface area contributed by atoms with Crippen molar-refractivity contribution in [3.63, 3.8) is 0 Å². The first-order valence-electron chi connectivity index (χ1n) is 9.10. The molecule has 0 spiro atoms. The third-order valence-electron chi connectivity index (χ3n) is 5.90. The number of nitriles is 1. The lowest BCUT2D eigenvalue weighted by Crippen LogP contribution is -2.33. The molecule has 0 N–H and O–H groups in total. The van der Waals surface area contributed by atoms with Gasteiger partial charge in [-0.15, -0.1) is 0 Å². The molecule has 25 heavy (non-hydrogen) atoms. The molecule has 1 saturated heterocycles. The second-order valence-electron chi connectivity index (χ2n) is 9.02. The summed E-state index contributed by atoms with van der Waals surface area (Å²) in [7, 11) is 1.99. The summed E-state index contributed by atoms with van der Waals surface area (Å²) >= 11 is 0. The van der Waals surface area contributed by atoms with Crippen molar-refractivity contribution in [2.45, 2.75) is 46.1 Å². The summed E-state index contributed by atoms with van der Waals surface area (Å²) in [6, 6.07) is 11.0. The number of imidazole rings is 1. The van der Waals surface area contributed by atoms with Crippen molar-refractivity contribution in [2.24, 2.45) is 17.9 Å². The number of rotatable bonds is 2. The van der Waals surface area contributed by atoms with Crippen LogP contribution in [0, 0.1) is 22.2 Å².